The van der Waals surface area contributed by atoms with Gasteiger partial charge in [0.05, 0.1) is 11.1 Å². The van der Waals surface area contributed by atoms with Crippen LogP contribution in [0.15, 0.2) is 24.5 Å². The molecular formula is C15H12F3N3O4S. The number of hydrogen-bond acceptors (Lipinski definition) is 7. The van der Waals surface area contributed by atoms with E-state index in [0.717, 1.165) is 12.1 Å². The second-order valence-corrected chi connectivity index (χ2v) is 7.67. The van der Waals surface area contributed by atoms with E-state index >= 15 is 0 Å². The standard InChI is InChI=1S/C15H12F3N3O4S/c1-14(2)10-11(20-6-21-13(10)19)8-4-3-7(5-9(8)12(14)22)25-26(23,24)15(16,17)18/h3-6H,1-2H3,(H2,19,20,21). The summed E-state index contributed by atoms with van der Waals surface area (Å²) >= 11 is 0. The Morgan fingerprint density at radius 2 is 1.81 bits per heavy atom. The first kappa shape index (κ1) is 18.1. The van der Waals surface area contributed by atoms with Crippen molar-refractivity contribution in [3.05, 3.63) is 35.7 Å². The van der Waals surface area contributed by atoms with E-state index in [1.807, 2.05) is 0 Å². The molecule has 1 heterocycles. The fourth-order valence-electron chi connectivity index (χ4n) is 2.81. The average molecular weight is 387 g/mol. The van der Waals surface area contributed by atoms with Crippen molar-refractivity contribution in [2.75, 3.05) is 5.73 Å². The number of rotatable bonds is 2. The molecule has 0 spiro atoms. The Kier molecular flexibility index (Phi) is 3.76. The number of Topliss-reactive ketones (excluding diaryl/α,β-unsaturated/α-hetero) is 1. The van der Waals surface area contributed by atoms with Gasteiger partial charge in [0.15, 0.2) is 5.78 Å². The molecule has 1 aliphatic carbocycles. The fourth-order valence-corrected chi connectivity index (χ4v) is 3.26. The van der Waals surface area contributed by atoms with Crippen LogP contribution in [-0.4, -0.2) is 29.7 Å². The van der Waals surface area contributed by atoms with Crippen LogP contribution in [0.2, 0.25) is 0 Å². The van der Waals surface area contributed by atoms with Gasteiger partial charge < -0.3 is 9.92 Å². The molecule has 7 nitrogen and oxygen atoms in total. The molecule has 0 radical (unpaired) electrons. The molecule has 0 atom stereocenters. The zero-order valence-electron chi connectivity index (χ0n) is 13.5. The van der Waals surface area contributed by atoms with E-state index in [2.05, 4.69) is 14.2 Å². The number of nitrogens with two attached hydrogens (primary N) is 1. The number of fused-ring (bicyclic) bond motifs is 3. The minimum absolute atomic E-state index is 0.0181. The van der Waals surface area contributed by atoms with Crippen molar-refractivity contribution in [1.29, 1.82) is 0 Å². The number of hydrogen-bond donors (Lipinski definition) is 1. The third kappa shape index (κ3) is 2.59. The predicted octanol–water partition coefficient (Wildman–Crippen LogP) is 2.43. The van der Waals surface area contributed by atoms with Crippen LogP contribution in [0.3, 0.4) is 0 Å². The molecule has 2 aromatic rings. The molecule has 0 unspecified atom stereocenters. The van der Waals surface area contributed by atoms with Gasteiger partial charge in [-0.1, -0.05) is 0 Å². The van der Waals surface area contributed by atoms with Crippen LogP contribution in [0.5, 0.6) is 5.75 Å². The van der Waals surface area contributed by atoms with Crippen molar-refractivity contribution >= 4 is 21.7 Å². The van der Waals surface area contributed by atoms with Gasteiger partial charge in [-0.2, -0.15) is 21.6 Å². The lowest BCUT2D eigenvalue weighted by Gasteiger charge is -2.32. The molecule has 0 bridgehead atoms. The number of nitrogen functional groups attached to an aromatic ring is 1. The number of alkyl halides is 3. The van der Waals surface area contributed by atoms with Crippen molar-refractivity contribution in [2.24, 2.45) is 0 Å². The quantitative estimate of drug-likeness (QED) is 0.622. The molecule has 0 amide bonds. The molecule has 11 heteroatoms. The lowest BCUT2D eigenvalue weighted by molar-refractivity contribution is -0.0500. The maximum absolute atomic E-state index is 12.8. The first-order valence-corrected chi connectivity index (χ1v) is 8.58. The zero-order valence-corrected chi connectivity index (χ0v) is 14.3. The minimum atomic E-state index is -5.85. The van der Waals surface area contributed by atoms with Crippen LogP contribution < -0.4 is 9.92 Å². The lowest BCUT2D eigenvalue weighted by Crippen LogP contribution is -2.35. The molecule has 3 rings (SSSR count). The van der Waals surface area contributed by atoms with Gasteiger partial charge in [-0.25, -0.2) is 9.97 Å². The zero-order chi connectivity index (χ0) is 19.5. The number of halogens is 3. The van der Waals surface area contributed by atoms with Crippen LogP contribution in [0.1, 0.15) is 29.8 Å². The highest BCUT2D eigenvalue weighted by molar-refractivity contribution is 7.88. The molecule has 138 valence electrons. The number of carbonyl (C=O) groups is 1. The van der Waals surface area contributed by atoms with Crippen molar-refractivity contribution < 1.29 is 30.6 Å². The monoisotopic (exact) mass is 387 g/mol. The third-order valence-corrected chi connectivity index (χ3v) is 5.03. The average Bonchev–Trinajstić information content (AvgIpc) is 2.51. The van der Waals surface area contributed by atoms with Gasteiger partial charge in [0, 0.05) is 16.7 Å². The van der Waals surface area contributed by atoms with Crippen LogP contribution in [0.4, 0.5) is 19.0 Å². The van der Waals surface area contributed by atoms with Crippen molar-refractivity contribution in [3.8, 4) is 17.0 Å². The largest absolute Gasteiger partial charge is 0.534 e. The van der Waals surface area contributed by atoms with Gasteiger partial charge in [-0.05, 0) is 32.0 Å². The molecule has 1 aromatic carbocycles. The summed E-state index contributed by atoms with van der Waals surface area (Å²) in [6.07, 6.45) is 1.20. The summed E-state index contributed by atoms with van der Waals surface area (Å²) in [5, 5.41) is 0. The van der Waals surface area contributed by atoms with E-state index in [1.165, 1.54) is 12.4 Å². The Labute approximate surface area is 146 Å². The molecule has 26 heavy (non-hydrogen) atoms. The van der Waals surface area contributed by atoms with E-state index in [0.29, 0.717) is 16.8 Å². The fraction of sp³-hybridized carbons (Fsp3) is 0.267. The summed E-state index contributed by atoms with van der Waals surface area (Å²) in [7, 11) is -5.85. The topological polar surface area (TPSA) is 112 Å². The molecule has 2 N–H and O–H groups in total. The number of carbonyl (C=O) groups excluding carboxylic acids is 1. The number of aromatic nitrogens is 2. The van der Waals surface area contributed by atoms with E-state index in [1.54, 1.807) is 13.8 Å². The lowest BCUT2D eigenvalue weighted by atomic mass is 9.71. The first-order chi connectivity index (χ1) is 11.9. The SMILES string of the molecule is CC1(C)C(=O)c2cc(OS(=O)(=O)C(F)(F)F)ccc2-c2ncnc(N)c21. The molecule has 0 aliphatic heterocycles. The predicted molar refractivity (Wildman–Crippen MR) is 84.8 cm³/mol. The number of anilines is 1. The van der Waals surface area contributed by atoms with E-state index in [4.69, 9.17) is 5.73 Å². The van der Waals surface area contributed by atoms with E-state index < -0.39 is 32.6 Å². The summed E-state index contributed by atoms with van der Waals surface area (Å²) < 4.78 is 63.9. The Morgan fingerprint density at radius 3 is 2.42 bits per heavy atom. The van der Waals surface area contributed by atoms with Gasteiger partial charge in [0.2, 0.25) is 0 Å². The van der Waals surface area contributed by atoms with Gasteiger partial charge in [0.25, 0.3) is 0 Å². The van der Waals surface area contributed by atoms with Crippen molar-refractivity contribution in [3.63, 3.8) is 0 Å². The molecular weight excluding hydrogens is 375 g/mol. The summed E-state index contributed by atoms with van der Waals surface area (Å²) in [5.74, 6) is -0.994. The molecule has 1 aromatic heterocycles. The maximum atomic E-state index is 12.8. The third-order valence-electron chi connectivity index (χ3n) is 4.05. The summed E-state index contributed by atoms with van der Waals surface area (Å²) in [6.45, 7) is 3.13. The highest BCUT2D eigenvalue weighted by Crippen LogP contribution is 2.44. The summed E-state index contributed by atoms with van der Waals surface area (Å²) in [5.41, 5.74) is 0.154. The van der Waals surface area contributed by atoms with Crippen LogP contribution in [-0.2, 0) is 15.5 Å². The first-order valence-electron chi connectivity index (χ1n) is 7.17. The van der Waals surface area contributed by atoms with Gasteiger partial charge in [0.1, 0.15) is 17.9 Å². The second-order valence-electron chi connectivity index (χ2n) is 6.13. The molecule has 0 saturated heterocycles. The smallest absolute Gasteiger partial charge is 0.383 e. The number of nitrogens with zero attached hydrogens (tertiary/aromatic N) is 2. The van der Waals surface area contributed by atoms with Gasteiger partial charge in [-0.15, -0.1) is 0 Å². The highest BCUT2D eigenvalue weighted by Gasteiger charge is 2.49. The Balaban J connectivity index is 2.17. The van der Waals surface area contributed by atoms with Crippen LogP contribution >= 0.6 is 0 Å². The number of ketones is 1. The summed E-state index contributed by atoms with van der Waals surface area (Å²) in [6, 6.07) is 3.22. The van der Waals surface area contributed by atoms with Crippen LogP contribution in [0, 0.1) is 0 Å². The van der Waals surface area contributed by atoms with E-state index in [9.17, 15) is 26.4 Å². The summed E-state index contributed by atoms with van der Waals surface area (Å²) in [4.78, 5) is 20.8. The Bertz CT molecular complexity index is 1030. The van der Waals surface area contributed by atoms with Crippen molar-refractivity contribution in [2.45, 2.75) is 24.8 Å². The molecule has 1 aliphatic rings. The van der Waals surface area contributed by atoms with E-state index in [-0.39, 0.29) is 11.4 Å². The molecule has 0 saturated carbocycles. The van der Waals surface area contributed by atoms with Gasteiger partial charge >= 0.3 is 15.6 Å². The molecule has 0 fully saturated rings. The maximum Gasteiger partial charge on any atom is 0.534 e. The Hall–Kier alpha value is -2.69. The number of benzene rings is 1. The van der Waals surface area contributed by atoms with Crippen molar-refractivity contribution in [1.82, 2.24) is 9.97 Å². The second kappa shape index (κ2) is 5.40. The van der Waals surface area contributed by atoms with Gasteiger partial charge in [-0.3, -0.25) is 4.79 Å². The van der Waals surface area contributed by atoms with Crippen LogP contribution in [0.25, 0.3) is 11.3 Å². The Morgan fingerprint density at radius 1 is 1.15 bits per heavy atom. The minimum Gasteiger partial charge on any atom is -0.383 e. The normalized spacial score (nSPS) is 16.0. The highest BCUT2D eigenvalue weighted by atomic mass is 32.2.